The molecule has 0 bridgehead atoms. The lowest BCUT2D eigenvalue weighted by Crippen LogP contribution is -2.07. The van der Waals surface area contributed by atoms with Crippen molar-refractivity contribution in [1.82, 2.24) is 9.78 Å². The summed E-state index contributed by atoms with van der Waals surface area (Å²) < 4.78 is 3.19. The van der Waals surface area contributed by atoms with Gasteiger partial charge in [-0.05, 0) is 35.3 Å². The quantitative estimate of drug-likeness (QED) is 0.928. The number of nitrogens with zero attached hydrogens (tertiary/aromatic N) is 2. The molecule has 0 saturated heterocycles. The molecule has 0 aliphatic heterocycles. The topological polar surface area (TPSA) is 43.8 Å². The van der Waals surface area contributed by atoms with Gasteiger partial charge in [-0.2, -0.15) is 5.10 Å². The van der Waals surface area contributed by atoms with E-state index in [0.29, 0.717) is 12.5 Å². The molecule has 1 heterocycles. The number of aromatic nitrogens is 2. The van der Waals surface area contributed by atoms with Crippen molar-refractivity contribution in [1.29, 1.82) is 0 Å². The van der Waals surface area contributed by atoms with E-state index < -0.39 is 0 Å². The fourth-order valence-corrected chi connectivity index (χ4v) is 3.46. The average Bonchev–Trinajstić information content (AvgIpc) is 2.59. The van der Waals surface area contributed by atoms with E-state index in [1.54, 1.807) is 0 Å². The second-order valence-electron chi connectivity index (χ2n) is 4.64. The molecule has 0 aromatic carbocycles. The van der Waals surface area contributed by atoms with E-state index in [1.165, 1.54) is 48.0 Å². The van der Waals surface area contributed by atoms with Gasteiger partial charge in [0.25, 0.3) is 0 Å². The van der Waals surface area contributed by atoms with Crippen LogP contribution in [0, 0.1) is 0 Å². The second-order valence-corrected chi connectivity index (χ2v) is 5.44. The Bertz CT molecular complexity index is 353. The lowest BCUT2D eigenvalue weighted by atomic mass is 9.87. The van der Waals surface area contributed by atoms with Gasteiger partial charge in [0.15, 0.2) is 0 Å². The molecule has 1 saturated carbocycles. The predicted molar refractivity (Wildman–Crippen MR) is 69.5 cm³/mol. The van der Waals surface area contributed by atoms with Crippen LogP contribution in [0.3, 0.4) is 0 Å². The molecule has 2 rings (SSSR count). The zero-order chi connectivity index (χ0) is 11.5. The van der Waals surface area contributed by atoms with Crippen LogP contribution < -0.4 is 5.73 Å². The molecule has 1 fully saturated rings. The molecule has 0 amide bonds. The molecule has 0 spiro atoms. The number of nitrogens with two attached hydrogens (primary N) is 1. The van der Waals surface area contributed by atoms with Crippen molar-refractivity contribution >= 4 is 15.9 Å². The Morgan fingerprint density at radius 3 is 2.69 bits per heavy atom. The van der Waals surface area contributed by atoms with Crippen molar-refractivity contribution in [3.05, 3.63) is 15.9 Å². The van der Waals surface area contributed by atoms with Crippen LogP contribution in [0.4, 0.5) is 0 Å². The summed E-state index contributed by atoms with van der Waals surface area (Å²) in [6.45, 7) is 0.683. The van der Waals surface area contributed by atoms with E-state index in [2.05, 4.69) is 21.0 Å². The van der Waals surface area contributed by atoms with Gasteiger partial charge in [-0.15, -0.1) is 0 Å². The minimum atomic E-state index is 0.654. The number of hydrogen-bond acceptors (Lipinski definition) is 2. The van der Waals surface area contributed by atoms with Crippen molar-refractivity contribution in [3.63, 3.8) is 0 Å². The first-order valence-electron chi connectivity index (χ1n) is 6.15. The molecule has 1 aliphatic carbocycles. The Morgan fingerprint density at radius 1 is 1.38 bits per heavy atom. The first-order valence-corrected chi connectivity index (χ1v) is 6.94. The van der Waals surface area contributed by atoms with Gasteiger partial charge in [-0.25, -0.2) is 0 Å². The number of rotatable bonds is 3. The molecule has 3 nitrogen and oxygen atoms in total. The molecular formula is C12H20BrN3. The van der Waals surface area contributed by atoms with Crippen molar-refractivity contribution < 1.29 is 0 Å². The smallest absolute Gasteiger partial charge is 0.0800 e. The second kappa shape index (κ2) is 5.32. The Labute approximate surface area is 106 Å². The molecule has 0 radical (unpaired) electrons. The summed E-state index contributed by atoms with van der Waals surface area (Å²) in [6.07, 6.45) is 7.56. The van der Waals surface area contributed by atoms with Gasteiger partial charge in [0.2, 0.25) is 0 Å². The summed E-state index contributed by atoms with van der Waals surface area (Å²) in [5, 5.41) is 4.67. The van der Waals surface area contributed by atoms with E-state index in [9.17, 15) is 0 Å². The van der Waals surface area contributed by atoms with Gasteiger partial charge in [0.05, 0.1) is 15.9 Å². The summed E-state index contributed by atoms with van der Waals surface area (Å²) in [4.78, 5) is 0. The molecule has 1 aliphatic rings. The van der Waals surface area contributed by atoms with Crippen LogP contribution in [-0.2, 0) is 13.5 Å². The van der Waals surface area contributed by atoms with E-state index in [1.807, 2.05) is 11.7 Å². The minimum absolute atomic E-state index is 0.654. The molecule has 16 heavy (non-hydrogen) atoms. The lowest BCUT2D eigenvalue weighted by molar-refractivity contribution is 0.432. The fourth-order valence-electron chi connectivity index (χ4n) is 2.60. The standard InChI is InChI=1S/C12H20BrN3/c1-16-10(7-8-14)11(13)12(15-16)9-5-3-2-4-6-9/h9H,2-8,14H2,1H3. The van der Waals surface area contributed by atoms with Crippen LogP contribution in [0.1, 0.15) is 49.4 Å². The fraction of sp³-hybridized carbons (Fsp3) is 0.750. The molecule has 0 atom stereocenters. The van der Waals surface area contributed by atoms with Crippen molar-refractivity contribution in [2.24, 2.45) is 12.8 Å². The van der Waals surface area contributed by atoms with Crippen LogP contribution in [0.2, 0.25) is 0 Å². The third-order valence-corrected chi connectivity index (χ3v) is 4.36. The van der Waals surface area contributed by atoms with Crippen LogP contribution in [0.15, 0.2) is 4.47 Å². The maximum absolute atomic E-state index is 5.62. The highest BCUT2D eigenvalue weighted by Crippen LogP contribution is 2.36. The lowest BCUT2D eigenvalue weighted by Gasteiger charge is -2.19. The zero-order valence-corrected chi connectivity index (χ0v) is 11.5. The third kappa shape index (κ3) is 2.33. The number of hydrogen-bond donors (Lipinski definition) is 1. The minimum Gasteiger partial charge on any atom is -0.330 e. The first-order chi connectivity index (χ1) is 7.74. The van der Waals surface area contributed by atoms with Gasteiger partial charge in [0.1, 0.15) is 0 Å². The van der Waals surface area contributed by atoms with Crippen LogP contribution in [-0.4, -0.2) is 16.3 Å². The summed E-state index contributed by atoms with van der Waals surface area (Å²) >= 11 is 3.70. The Kier molecular flexibility index (Phi) is 4.03. The molecule has 4 heteroatoms. The maximum atomic E-state index is 5.62. The monoisotopic (exact) mass is 285 g/mol. The summed E-state index contributed by atoms with van der Waals surface area (Å²) in [6, 6.07) is 0. The van der Waals surface area contributed by atoms with Gasteiger partial charge >= 0.3 is 0 Å². The summed E-state index contributed by atoms with van der Waals surface area (Å²) in [7, 11) is 2.02. The highest BCUT2D eigenvalue weighted by molar-refractivity contribution is 9.10. The number of aryl methyl sites for hydroxylation is 1. The van der Waals surface area contributed by atoms with E-state index >= 15 is 0 Å². The predicted octanol–water partition coefficient (Wildman–Crippen LogP) is 2.73. The molecular weight excluding hydrogens is 266 g/mol. The Balaban J connectivity index is 2.23. The van der Waals surface area contributed by atoms with E-state index in [-0.39, 0.29) is 0 Å². The maximum Gasteiger partial charge on any atom is 0.0800 e. The van der Waals surface area contributed by atoms with Crippen molar-refractivity contribution in [2.45, 2.75) is 44.4 Å². The van der Waals surface area contributed by atoms with Gasteiger partial charge in [0, 0.05) is 19.4 Å². The highest BCUT2D eigenvalue weighted by Gasteiger charge is 2.23. The van der Waals surface area contributed by atoms with Gasteiger partial charge in [-0.1, -0.05) is 19.3 Å². The largest absolute Gasteiger partial charge is 0.330 e. The first kappa shape index (κ1) is 12.1. The van der Waals surface area contributed by atoms with Crippen molar-refractivity contribution in [2.75, 3.05) is 6.54 Å². The van der Waals surface area contributed by atoms with Crippen LogP contribution >= 0.6 is 15.9 Å². The third-order valence-electron chi connectivity index (χ3n) is 3.50. The molecule has 1 aromatic heterocycles. The number of halogens is 1. The van der Waals surface area contributed by atoms with Gasteiger partial charge < -0.3 is 5.73 Å². The molecule has 0 unspecified atom stereocenters. The SMILES string of the molecule is Cn1nc(C2CCCCC2)c(Br)c1CCN. The van der Waals surface area contributed by atoms with Crippen molar-refractivity contribution in [3.8, 4) is 0 Å². The summed E-state index contributed by atoms with van der Waals surface area (Å²) in [5.74, 6) is 0.654. The molecule has 2 N–H and O–H groups in total. The molecule has 1 aromatic rings. The van der Waals surface area contributed by atoms with E-state index in [4.69, 9.17) is 5.73 Å². The van der Waals surface area contributed by atoms with Gasteiger partial charge in [-0.3, -0.25) is 4.68 Å². The summed E-state index contributed by atoms with van der Waals surface area (Å²) in [5.41, 5.74) is 8.12. The van der Waals surface area contributed by atoms with Crippen LogP contribution in [0.5, 0.6) is 0 Å². The Morgan fingerprint density at radius 2 is 2.06 bits per heavy atom. The highest BCUT2D eigenvalue weighted by atomic mass is 79.9. The zero-order valence-electron chi connectivity index (χ0n) is 9.88. The molecule has 90 valence electrons. The average molecular weight is 286 g/mol. The van der Waals surface area contributed by atoms with E-state index in [0.717, 1.165) is 6.42 Å². The normalized spacial score (nSPS) is 17.9. The van der Waals surface area contributed by atoms with Crippen LogP contribution in [0.25, 0.3) is 0 Å². The Hall–Kier alpha value is -0.350.